The number of aromatic nitrogens is 3. The van der Waals surface area contributed by atoms with Crippen molar-refractivity contribution >= 4 is 46.7 Å². The molecule has 2 aromatic heterocycles. The van der Waals surface area contributed by atoms with E-state index in [4.69, 9.17) is 45.3 Å². The fourth-order valence-corrected chi connectivity index (χ4v) is 4.21. The minimum atomic E-state index is -0.805. The summed E-state index contributed by atoms with van der Waals surface area (Å²) in [5.74, 6) is -0.831. The summed E-state index contributed by atoms with van der Waals surface area (Å²) in [7, 11) is 0. The lowest BCUT2D eigenvalue weighted by Gasteiger charge is -2.11. The Morgan fingerprint density at radius 2 is 1.78 bits per heavy atom. The molecule has 0 aliphatic carbocycles. The molecule has 4 aromatic rings. The first-order valence-corrected chi connectivity index (χ1v) is 12.3. The Labute approximate surface area is 228 Å². The van der Waals surface area contributed by atoms with Gasteiger partial charge in [-0.05, 0) is 50.2 Å². The van der Waals surface area contributed by atoms with Crippen molar-refractivity contribution in [2.75, 3.05) is 0 Å². The predicted octanol–water partition coefficient (Wildman–Crippen LogP) is 5.39. The molecule has 1 amide bonds. The third-order valence-electron chi connectivity index (χ3n) is 5.48. The molecule has 11 heteroatoms. The van der Waals surface area contributed by atoms with Crippen LogP contribution >= 0.6 is 34.8 Å². The minimum absolute atomic E-state index is 0.0627. The van der Waals surface area contributed by atoms with Gasteiger partial charge in [0, 0.05) is 39.5 Å². The van der Waals surface area contributed by atoms with Gasteiger partial charge in [-0.2, -0.15) is 5.10 Å². The molecule has 1 unspecified atom stereocenters. The van der Waals surface area contributed by atoms with E-state index in [0.29, 0.717) is 37.6 Å². The lowest BCUT2D eigenvalue weighted by atomic mass is 10.1. The normalized spacial score (nSPS) is 11.7. The second kappa shape index (κ2) is 11.3. The summed E-state index contributed by atoms with van der Waals surface area (Å²) in [5, 5.41) is 8.86. The van der Waals surface area contributed by atoms with Crippen LogP contribution in [0.5, 0.6) is 5.75 Å². The Balaban J connectivity index is 1.69. The van der Waals surface area contributed by atoms with Crippen LogP contribution in [0.25, 0.3) is 16.9 Å². The number of pyridine rings is 1. The molecule has 3 N–H and O–H groups in total. The van der Waals surface area contributed by atoms with Crippen molar-refractivity contribution in [2.24, 2.45) is 5.73 Å². The van der Waals surface area contributed by atoms with Gasteiger partial charge in [0.05, 0.1) is 22.6 Å². The van der Waals surface area contributed by atoms with Crippen LogP contribution in [0.1, 0.15) is 28.5 Å². The summed E-state index contributed by atoms with van der Waals surface area (Å²) >= 11 is 18.7. The lowest BCUT2D eigenvalue weighted by Crippen LogP contribution is -2.31. The van der Waals surface area contributed by atoms with Gasteiger partial charge in [-0.3, -0.25) is 9.78 Å². The Hall–Kier alpha value is -3.43. The molecule has 0 aliphatic rings. The number of amides is 1. The van der Waals surface area contributed by atoms with Crippen LogP contribution in [0, 0.1) is 6.92 Å². The predicted molar refractivity (Wildman–Crippen MR) is 143 cm³/mol. The van der Waals surface area contributed by atoms with Crippen molar-refractivity contribution in [1.82, 2.24) is 20.1 Å². The van der Waals surface area contributed by atoms with Crippen LogP contribution in [0.4, 0.5) is 0 Å². The maximum Gasteiger partial charge on any atom is 0.328 e. The Bertz CT molecular complexity index is 1470. The summed E-state index contributed by atoms with van der Waals surface area (Å²) in [5.41, 5.74) is 8.97. The van der Waals surface area contributed by atoms with E-state index >= 15 is 0 Å². The summed E-state index contributed by atoms with van der Waals surface area (Å²) < 4.78 is 6.91. The molecule has 2 heterocycles. The quantitative estimate of drug-likeness (QED) is 0.294. The third kappa shape index (κ3) is 5.94. The SMILES string of the molecule is Cc1c(C(=O)NCc2ccncc2OC(=O)C(C)N)nn(-c2ccc(Cl)cc2Cl)c1-c1ccc(Cl)cc1. The average Bonchev–Trinajstić information content (AvgIpc) is 3.20. The number of carbonyl (C=O) groups excluding carboxylic acids is 2. The highest BCUT2D eigenvalue weighted by Crippen LogP contribution is 2.33. The van der Waals surface area contributed by atoms with Crippen LogP contribution in [0.3, 0.4) is 0 Å². The van der Waals surface area contributed by atoms with Gasteiger partial charge in [0.25, 0.3) is 5.91 Å². The third-order valence-corrected chi connectivity index (χ3v) is 6.27. The number of benzene rings is 2. The van der Waals surface area contributed by atoms with E-state index < -0.39 is 17.9 Å². The largest absolute Gasteiger partial charge is 0.423 e. The fraction of sp³-hybridized carbons (Fsp3) is 0.154. The Morgan fingerprint density at radius 3 is 2.46 bits per heavy atom. The van der Waals surface area contributed by atoms with Gasteiger partial charge < -0.3 is 15.8 Å². The van der Waals surface area contributed by atoms with Gasteiger partial charge in [-0.25, -0.2) is 9.48 Å². The summed E-state index contributed by atoms with van der Waals surface area (Å²) in [6.45, 7) is 3.38. The van der Waals surface area contributed by atoms with Gasteiger partial charge in [-0.15, -0.1) is 0 Å². The van der Waals surface area contributed by atoms with E-state index in [-0.39, 0.29) is 18.0 Å². The minimum Gasteiger partial charge on any atom is -0.423 e. The number of hydrogen-bond donors (Lipinski definition) is 2. The monoisotopic (exact) mass is 557 g/mol. The highest BCUT2D eigenvalue weighted by atomic mass is 35.5. The first-order valence-electron chi connectivity index (χ1n) is 11.1. The second-order valence-corrected chi connectivity index (χ2v) is 9.49. The molecule has 4 rings (SSSR count). The molecule has 0 aliphatic heterocycles. The van der Waals surface area contributed by atoms with Crippen molar-refractivity contribution in [1.29, 1.82) is 0 Å². The van der Waals surface area contributed by atoms with Crippen molar-refractivity contribution in [2.45, 2.75) is 26.4 Å². The highest BCUT2D eigenvalue weighted by Gasteiger charge is 2.24. The maximum absolute atomic E-state index is 13.3. The number of nitrogens with one attached hydrogen (secondary N) is 1. The number of carbonyl (C=O) groups is 2. The van der Waals surface area contributed by atoms with Crippen molar-refractivity contribution in [3.63, 3.8) is 0 Å². The van der Waals surface area contributed by atoms with Crippen LogP contribution < -0.4 is 15.8 Å². The van der Waals surface area contributed by atoms with Crippen LogP contribution in [-0.4, -0.2) is 32.7 Å². The zero-order valence-corrected chi connectivity index (χ0v) is 22.1. The molecule has 1 atom stereocenters. The number of nitrogens with zero attached hydrogens (tertiary/aromatic N) is 3. The molecule has 0 spiro atoms. The molecule has 0 saturated carbocycles. The maximum atomic E-state index is 13.3. The fourth-order valence-electron chi connectivity index (χ4n) is 3.59. The second-order valence-electron chi connectivity index (χ2n) is 8.21. The standard InChI is InChI=1S/C26H22Cl3N5O3/c1-14-23(25(35)32-12-17-9-10-31-13-22(17)37-26(36)15(2)30)33-34(21-8-7-19(28)11-20(21)29)24(14)16-3-5-18(27)6-4-16/h3-11,13,15H,12,30H2,1-2H3,(H,32,35). The number of rotatable bonds is 7. The average molecular weight is 559 g/mol. The molecular weight excluding hydrogens is 537 g/mol. The van der Waals surface area contributed by atoms with E-state index in [1.165, 1.54) is 19.3 Å². The van der Waals surface area contributed by atoms with E-state index in [2.05, 4.69) is 15.4 Å². The Morgan fingerprint density at radius 1 is 1.08 bits per heavy atom. The van der Waals surface area contributed by atoms with Crippen molar-refractivity contribution < 1.29 is 14.3 Å². The van der Waals surface area contributed by atoms with E-state index in [0.717, 1.165) is 5.56 Å². The molecule has 37 heavy (non-hydrogen) atoms. The summed E-state index contributed by atoms with van der Waals surface area (Å²) in [6, 6.07) is 13.1. The number of esters is 1. The number of nitrogens with two attached hydrogens (primary N) is 1. The lowest BCUT2D eigenvalue weighted by molar-refractivity contribution is -0.135. The molecule has 0 fully saturated rings. The van der Waals surface area contributed by atoms with E-state index in [1.807, 2.05) is 12.1 Å². The van der Waals surface area contributed by atoms with Crippen LogP contribution in [0.15, 0.2) is 60.9 Å². The van der Waals surface area contributed by atoms with Crippen LogP contribution in [0.2, 0.25) is 15.1 Å². The molecule has 190 valence electrons. The molecule has 0 radical (unpaired) electrons. The Kier molecular flexibility index (Phi) is 8.14. The molecule has 0 bridgehead atoms. The number of ether oxygens (including phenoxy) is 1. The van der Waals surface area contributed by atoms with Crippen molar-refractivity contribution in [3.8, 4) is 22.7 Å². The number of halogens is 3. The zero-order valence-electron chi connectivity index (χ0n) is 19.8. The molecular formula is C26H22Cl3N5O3. The van der Waals surface area contributed by atoms with Gasteiger partial charge >= 0.3 is 5.97 Å². The first kappa shape index (κ1) is 26.6. The molecule has 8 nitrogen and oxygen atoms in total. The topological polar surface area (TPSA) is 112 Å². The van der Waals surface area contributed by atoms with Gasteiger partial charge in [0.15, 0.2) is 11.4 Å². The van der Waals surface area contributed by atoms with Crippen molar-refractivity contribution in [3.05, 3.63) is 92.8 Å². The molecule has 2 aromatic carbocycles. The van der Waals surface area contributed by atoms with Gasteiger partial charge in [-0.1, -0.05) is 46.9 Å². The van der Waals surface area contributed by atoms with Crippen LogP contribution in [-0.2, 0) is 11.3 Å². The summed E-state index contributed by atoms with van der Waals surface area (Å²) in [4.78, 5) is 29.2. The van der Waals surface area contributed by atoms with Gasteiger partial charge in [0.1, 0.15) is 6.04 Å². The van der Waals surface area contributed by atoms with E-state index in [9.17, 15) is 9.59 Å². The highest BCUT2D eigenvalue weighted by molar-refractivity contribution is 6.35. The molecule has 0 saturated heterocycles. The zero-order chi connectivity index (χ0) is 26.7. The summed E-state index contributed by atoms with van der Waals surface area (Å²) in [6.07, 6.45) is 2.93. The smallest absolute Gasteiger partial charge is 0.328 e. The first-order chi connectivity index (χ1) is 17.7. The van der Waals surface area contributed by atoms with Gasteiger partial charge in [0.2, 0.25) is 0 Å². The number of hydrogen-bond acceptors (Lipinski definition) is 6. The van der Waals surface area contributed by atoms with E-state index in [1.54, 1.807) is 48.0 Å².